The van der Waals surface area contributed by atoms with E-state index in [0.29, 0.717) is 40.4 Å². The molecule has 0 radical (unpaired) electrons. The predicted octanol–water partition coefficient (Wildman–Crippen LogP) is 6.79. The highest BCUT2D eigenvalue weighted by Crippen LogP contribution is 2.33. The predicted molar refractivity (Wildman–Crippen MR) is 150 cm³/mol. The van der Waals surface area contributed by atoms with Crippen LogP contribution < -0.4 is 14.2 Å². The maximum atomic E-state index is 13.1. The number of carbonyl (C=O) groups excluding carboxylic acids is 3. The normalized spacial score (nSPS) is 10.1. The van der Waals surface area contributed by atoms with Gasteiger partial charge in [0.15, 0.2) is 5.78 Å². The van der Waals surface area contributed by atoms with Crippen LogP contribution in [0.5, 0.6) is 17.2 Å². The second kappa shape index (κ2) is 14.8. The van der Waals surface area contributed by atoms with Crippen molar-refractivity contribution in [2.75, 3.05) is 13.7 Å². The fourth-order valence-corrected chi connectivity index (χ4v) is 3.06. The maximum Gasteiger partial charge on any atom is 0.338 e. The van der Waals surface area contributed by atoms with E-state index >= 15 is 0 Å². The highest BCUT2D eigenvalue weighted by molar-refractivity contribution is 6.09. The molecule has 0 spiro atoms. The molecule has 3 rings (SSSR count). The van der Waals surface area contributed by atoms with Crippen molar-refractivity contribution >= 4 is 18.0 Å². The Morgan fingerprint density at radius 1 is 0.868 bits per heavy atom. The number of carbonyl (C=O) groups is 3. The van der Waals surface area contributed by atoms with E-state index in [2.05, 4.69) is 13.2 Å². The number of hydrogen-bond acceptors (Lipinski definition) is 6. The first-order valence-corrected chi connectivity index (χ1v) is 11.9. The van der Waals surface area contributed by atoms with Crippen molar-refractivity contribution in [3.63, 3.8) is 0 Å². The molecule has 0 fully saturated rings. The molecule has 0 bridgehead atoms. The molecule has 0 saturated carbocycles. The molecule has 6 nitrogen and oxygen atoms in total. The van der Waals surface area contributed by atoms with Gasteiger partial charge >= 0.3 is 5.97 Å². The van der Waals surface area contributed by atoms with Crippen LogP contribution >= 0.6 is 0 Å². The van der Waals surface area contributed by atoms with Crippen molar-refractivity contribution in [1.82, 2.24) is 0 Å². The molecule has 38 heavy (non-hydrogen) atoms. The number of esters is 1. The smallest absolute Gasteiger partial charge is 0.338 e. The van der Waals surface area contributed by atoms with E-state index in [1.165, 1.54) is 0 Å². The number of ketones is 1. The van der Waals surface area contributed by atoms with E-state index in [4.69, 9.17) is 14.2 Å². The van der Waals surface area contributed by atoms with E-state index in [0.717, 1.165) is 23.2 Å². The quantitative estimate of drug-likeness (QED) is 0.0743. The van der Waals surface area contributed by atoms with Crippen LogP contribution in [-0.2, 0) is 9.59 Å². The van der Waals surface area contributed by atoms with Crippen LogP contribution in [0.25, 0.3) is 11.1 Å². The molecule has 0 atom stereocenters. The van der Waals surface area contributed by atoms with Crippen molar-refractivity contribution < 1.29 is 28.6 Å². The van der Waals surface area contributed by atoms with Crippen LogP contribution in [0, 0.1) is 0 Å². The van der Waals surface area contributed by atoms with Crippen LogP contribution in [0.2, 0.25) is 0 Å². The molecule has 0 unspecified atom stereocenters. The first-order valence-electron chi connectivity index (χ1n) is 11.9. The number of allylic oxidation sites excluding steroid dienone is 2. The van der Waals surface area contributed by atoms with Crippen molar-refractivity contribution in [2.24, 2.45) is 0 Å². The number of benzene rings is 3. The van der Waals surface area contributed by atoms with Crippen LogP contribution in [0.1, 0.15) is 36.7 Å². The molecule has 0 aliphatic carbocycles. The molecule has 0 saturated heterocycles. The second-order valence-corrected chi connectivity index (χ2v) is 8.31. The Morgan fingerprint density at radius 3 is 1.97 bits per heavy atom. The van der Waals surface area contributed by atoms with Gasteiger partial charge in [0, 0.05) is 22.3 Å². The summed E-state index contributed by atoms with van der Waals surface area (Å²) >= 11 is 0. The Bertz CT molecular complexity index is 1320. The molecule has 0 aliphatic heterocycles. The Kier molecular flexibility index (Phi) is 11.5. The van der Waals surface area contributed by atoms with Crippen molar-refractivity contribution in [1.29, 1.82) is 0 Å². The average molecular weight is 513 g/mol. The second-order valence-electron chi connectivity index (χ2n) is 8.31. The van der Waals surface area contributed by atoms with Gasteiger partial charge in [0.2, 0.25) is 0 Å². The Balaban J connectivity index is 0.000000926. The third kappa shape index (κ3) is 8.75. The van der Waals surface area contributed by atoms with Crippen molar-refractivity contribution in [3.8, 4) is 28.4 Å². The maximum absolute atomic E-state index is 13.1. The van der Waals surface area contributed by atoms with Gasteiger partial charge in [-0.05, 0) is 80.4 Å². The minimum absolute atomic E-state index is 0.162. The third-order valence-electron chi connectivity index (χ3n) is 5.09. The summed E-state index contributed by atoms with van der Waals surface area (Å²) in [6.07, 6.45) is 4.53. The summed E-state index contributed by atoms with van der Waals surface area (Å²) in [5.41, 5.74) is 3.67. The third-order valence-corrected chi connectivity index (χ3v) is 5.09. The molecular formula is C32H32O6. The van der Waals surface area contributed by atoms with Crippen LogP contribution in [-0.4, -0.2) is 31.8 Å². The number of hydrogen-bond donors (Lipinski definition) is 0. The van der Waals surface area contributed by atoms with Gasteiger partial charge in [-0.2, -0.15) is 0 Å². The number of methoxy groups -OCH3 is 1. The minimum atomic E-state index is -0.508. The van der Waals surface area contributed by atoms with Crippen molar-refractivity contribution in [3.05, 3.63) is 114 Å². The summed E-state index contributed by atoms with van der Waals surface area (Å²) in [6.45, 7) is 12.4. The van der Waals surface area contributed by atoms with Gasteiger partial charge in [-0.3, -0.25) is 9.59 Å². The molecule has 3 aromatic rings. The van der Waals surface area contributed by atoms with E-state index in [1.54, 1.807) is 57.4 Å². The zero-order chi connectivity index (χ0) is 28.1. The van der Waals surface area contributed by atoms with E-state index < -0.39 is 5.97 Å². The van der Waals surface area contributed by atoms with E-state index in [9.17, 15) is 14.4 Å². The molecule has 0 N–H and O–H groups in total. The fraction of sp³-hybridized carbons (Fsp3) is 0.156. The molecule has 196 valence electrons. The van der Waals surface area contributed by atoms with Crippen LogP contribution in [0.3, 0.4) is 0 Å². The summed E-state index contributed by atoms with van der Waals surface area (Å²) < 4.78 is 16.4. The van der Waals surface area contributed by atoms with E-state index in [-0.39, 0.29) is 5.78 Å². The Morgan fingerprint density at radius 2 is 1.45 bits per heavy atom. The summed E-state index contributed by atoms with van der Waals surface area (Å²) in [4.78, 5) is 34.2. The molecule has 0 heterocycles. The molecule has 0 aliphatic rings. The molecular weight excluding hydrogens is 480 g/mol. The van der Waals surface area contributed by atoms with Gasteiger partial charge < -0.3 is 14.2 Å². The lowest BCUT2D eigenvalue weighted by Gasteiger charge is -2.13. The lowest BCUT2D eigenvalue weighted by Crippen LogP contribution is -2.08. The summed E-state index contributed by atoms with van der Waals surface area (Å²) in [7, 11) is 1.62. The summed E-state index contributed by atoms with van der Waals surface area (Å²) in [5.74, 6) is 1.05. The minimum Gasteiger partial charge on any atom is -0.497 e. The van der Waals surface area contributed by atoms with Gasteiger partial charge in [0.25, 0.3) is 0 Å². The lowest BCUT2D eigenvalue weighted by molar-refractivity contribution is -0.130. The van der Waals surface area contributed by atoms with Crippen LogP contribution in [0.4, 0.5) is 0 Å². The first kappa shape index (κ1) is 29.5. The monoisotopic (exact) mass is 512 g/mol. The zero-order valence-electron chi connectivity index (χ0n) is 22.2. The number of ether oxygens (including phenoxy) is 3. The lowest BCUT2D eigenvalue weighted by atomic mass is 9.98. The number of rotatable bonds is 10. The molecule has 6 heteroatoms. The Hall–Kier alpha value is -4.71. The topological polar surface area (TPSA) is 78.9 Å². The number of aldehydes is 1. The van der Waals surface area contributed by atoms with E-state index in [1.807, 2.05) is 49.4 Å². The van der Waals surface area contributed by atoms with Gasteiger partial charge in [0.1, 0.15) is 30.1 Å². The van der Waals surface area contributed by atoms with Gasteiger partial charge in [0.05, 0.1) is 7.11 Å². The molecule has 0 aromatic heterocycles. The van der Waals surface area contributed by atoms with Gasteiger partial charge in [-0.1, -0.05) is 43.5 Å². The molecule has 0 amide bonds. The SMILES string of the molecule is C=C(C)C(=O)Oc1ccc(C(=O)c2ccc(-c3ccc(OC)cc3)c(OC/C=C/C)c2)cc1.C=C(C)C=O. The van der Waals surface area contributed by atoms with Gasteiger partial charge in [-0.15, -0.1) is 0 Å². The Labute approximate surface area is 223 Å². The first-order chi connectivity index (χ1) is 18.2. The van der Waals surface area contributed by atoms with Gasteiger partial charge in [-0.25, -0.2) is 4.79 Å². The highest BCUT2D eigenvalue weighted by atomic mass is 16.5. The molecule has 3 aromatic carbocycles. The fourth-order valence-electron chi connectivity index (χ4n) is 3.06. The summed E-state index contributed by atoms with van der Waals surface area (Å²) in [5, 5.41) is 0. The van der Waals surface area contributed by atoms with Crippen molar-refractivity contribution in [2.45, 2.75) is 20.8 Å². The largest absolute Gasteiger partial charge is 0.497 e. The highest BCUT2D eigenvalue weighted by Gasteiger charge is 2.15. The van der Waals surface area contributed by atoms with Crippen LogP contribution in [0.15, 0.2) is 103 Å². The summed E-state index contributed by atoms with van der Waals surface area (Å²) in [6, 6.07) is 19.5. The standard InChI is InChI=1S/C28H26O5.C4H6O/c1-5-6-17-32-26-18-22(11-16-25(26)20-7-12-23(31-4)13-8-20)27(29)21-9-14-24(15-10-21)33-28(30)19(2)3;1-4(2)3-5/h5-16,18H,2,17H2,1,3-4H3;3H,1H2,2H3/b6-5+;. The zero-order valence-corrected chi connectivity index (χ0v) is 22.2. The average Bonchev–Trinajstić information content (AvgIpc) is 2.93.